The maximum Gasteiger partial charge on any atom is 0.330 e. The highest BCUT2D eigenvalue weighted by atomic mass is 16.5. The number of benzene rings is 1. The number of aromatic hydroxyl groups is 1. The Bertz CT molecular complexity index is 445. The van der Waals surface area contributed by atoms with Crippen LogP contribution in [0.1, 0.15) is 0 Å². The number of esters is 1. The molecule has 0 atom stereocenters. The molecule has 0 aliphatic carbocycles. The fourth-order valence-electron chi connectivity index (χ4n) is 1.13. The van der Waals surface area contributed by atoms with Crippen molar-refractivity contribution in [1.29, 1.82) is 0 Å². The summed E-state index contributed by atoms with van der Waals surface area (Å²) in [6, 6.07) is 5.71. The highest BCUT2D eigenvalue weighted by molar-refractivity contribution is 5.89. The zero-order valence-electron chi connectivity index (χ0n) is 9.68. The number of rotatable bonds is 5. The van der Waals surface area contributed by atoms with E-state index in [1.165, 1.54) is 12.1 Å². The van der Waals surface area contributed by atoms with E-state index >= 15 is 0 Å². The molecule has 0 bridgehead atoms. The van der Waals surface area contributed by atoms with Crippen LogP contribution in [-0.2, 0) is 9.53 Å². The standard InChI is InChI=1S/C12H14N2O4/c1-2-11(16)18-7-6-13-12(17)14-9-4-3-5-10(15)8-9/h2-5,8,15H,1,6-7H2,(H2,13,14,17). The number of anilines is 1. The zero-order chi connectivity index (χ0) is 13.4. The number of carbonyl (C=O) groups excluding carboxylic acids is 2. The molecule has 1 aromatic carbocycles. The van der Waals surface area contributed by atoms with E-state index < -0.39 is 12.0 Å². The summed E-state index contributed by atoms with van der Waals surface area (Å²) in [6.07, 6.45) is 1.05. The molecule has 0 unspecified atom stereocenters. The van der Waals surface area contributed by atoms with Crippen molar-refractivity contribution in [3.63, 3.8) is 0 Å². The summed E-state index contributed by atoms with van der Waals surface area (Å²) in [5.74, 6) is -0.474. The van der Waals surface area contributed by atoms with Crippen molar-refractivity contribution in [3.05, 3.63) is 36.9 Å². The number of phenols is 1. The van der Waals surface area contributed by atoms with Gasteiger partial charge in [-0.15, -0.1) is 0 Å². The molecule has 0 saturated heterocycles. The van der Waals surface area contributed by atoms with E-state index in [1.807, 2.05) is 0 Å². The minimum Gasteiger partial charge on any atom is -0.508 e. The number of hydrogen-bond acceptors (Lipinski definition) is 4. The van der Waals surface area contributed by atoms with Crippen LogP contribution in [0.5, 0.6) is 5.75 Å². The molecule has 0 aromatic heterocycles. The van der Waals surface area contributed by atoms with Gasteiger partial charge in [0.05, 0.1) is 6.54 Å². The monoisotopic (exact) mass is 250 g/mol. The first-order valence-corrected chi connectivity index (χ1v) is 5.25. The van der Waals surface area contributed by atoms with E-state index in [1.54, 1.807) is 12.1 Å². The second-order valence-corrected chi connectivity index (χ2v) is 3.30. The van der Waals surface area contributed by atoms with E-state index in [0.29, 0.717) is 5.69 Å². The molecule has 1 rings (SSSR count). The van der Waals surface area contributed by atoms with Gasteiger partial charge >= 0.3 is 12.0 Å². The first-order chi connectivity index (χ1) is 8.61. The maximum atomic E-state index is 11.4. The smallest absolute Gasteiger partial charge is 0.330 e. The Labute approximate surface area is 104 Å². The summed E-state index contributed by atoms with van der Waals surface area (Å²) in [6.45, 7) is 3.49. The van der Waals surface area contributed by atoms with Crippen LogP contribution in [0.4, 0.5) is 10.5 Å². The number of hydrogen-bond donors (Lipinski definition) is 3. The molecule has 18 heavy (non-hydrogen) atoms. The van der Waals surface area contributed by atoms with Crippen LogP contribution in [0.3, 0.4) is 0 Å². The van der Waals surface area contributed by atoms with Gasteiger partial charge in [-0.05, 0) is 12.1 Å². The van der Waals surface area contributed by atoms with Gasteiger partial charge in [0.15, 0.2) is 0 Å². The Kier molecular flexibility index (Phi) is 5.24. The van der Waals surface area contributed by atoms with Crippen LogP contribution in [0.15, 0.2) is 36.9 Å². The third-order valence-corrected chi connectivity index (χ3v) is 1.90. The molecular formula is C12H14N2O4. The lowest BCUT2D eigenvalue weighted by molar-refractivity contribution is -0.137. The summed E-state index contributed by atoms with van der Waals surface area (Å²) in [7, 11) is 0. The number of phenolic OH excluding ortho intramolecular Hbond substituents is 1. The summed E-state index contributed by atoms with van der Waals surface area (Å²) >= 11 is 0. The molecule has 6 nitrogen and oxygen atoms in total. The molecule has 0 aliphatic rings. The average Bonchev–Trinajstić information content (AvgIpc) is 2.34. The van der Waals surface area contributed by atoms with E-state index in [2.05, 4.69) is 21.9 Å². The fraction of sp³-hybridized carbons (Fsp3) is 0.167. The van der Waals surface area contributed by atoms with E-state index in [0.717, 1.165) is 6.08 Å². The minimum atomic E-state index is -0.537. The molecular weight excluding hydrogens is 236 g/mol. The molecule has 2 amide bonds. The van der Waals surface area contributed by atoms with Gasteiger partial charge in [0.2, 0.25) is 0 Å². The first kappa shape index (κ1) is 13.6. The highest BCUT2D eigenvalue weighted by Crippen LogP contribution is 2.14. The number of carbonyl (C=O) groups is 2. The highest BCUT2D eigenvalue weighted by Gasteiger charge is 2.02. The quantitative estimate of drug-likeness (QED) is 0.417. The SMILES string of the molecule is C=CC(=O)OCCNC(=O)Nc1cccc(O)c1. The van der Waals surface area contributed by atoms with Crippen LogP contribution < -0.4 is 10.6 Å². The lowest BCUT2D eigenvalue weighted by Gasteiger charge is -2.07. The number of ether oxygens (including phenoxy) is 1. The molecule has 96 valence electrons. The molecule has 0 saturated carbocycles. The van der Waals surface area contributed by atoms with Gasteiger partial charge in [-0.1, -0.05) is 12.6 Å². The van der Waals surface area contributed by atoms with Gasteiger partial charge < -0.3 is 20.5 Å². The Balaban J connectivity index is 2.26. The Hall–Kier alpha value is -2.50. The predicted molar refractivity (Wildman–Crippen MR) is 66.3 cm³/mol. The molecule has 0 radical (unpaired) electrons. The molecule has 6 heteroatoms. The summed E-state index contributed by atoms with van der Waals surface area (Å²) < 4.78 is 4.67. The molecule has 0 aliphatic heterocycles. The van der Waals surface area contributed by atoms with Crippen molar-refractivity contribution < 1.29 is 19.4 Å². The van der Waals surface area contributed by atoms with Crippen molar-refractivity contribution in [2.75, 3.05) is 18.5 Å². The van der Waals surface area contributed by atoms with Crippen molar-refractivity contribution in [1.82, 2.24) is 5.32 Å². The van der Waals surface area contributed by atoms with E-state index in [4.69, 9.17) is 0 Å². The van der Waals surface area contributed by atoms with Crippen molar-refractivity contribution in [2.45, 2.75) is 0 Å². The summed E-state index contributed by atoms with van der Waals surface area (Å²) in [4.78, 5) is 22.1. The van der Waals surface area contributed by atoms with Crippen molar-refractivity contribution in [3.8, 4) is 5.75 Å². The Morgan fingerprint density at radius 1 is 1.44 bits per heavy atom. The fourth-order valence-corrected chi connectivity index (χ4v) is 1.13. The maximum absolute atomic E-state index is 11.4. The predicted octanol–water partition coefficient (Wildman–Crippen LogP) is 1.24. The molecule has 0 heterocycles. The zero-order valence-corrected chi connectivity index (χ0v) is 9.68. The molecule has 3 N–H and O–H groups in total. The van der Waals surface area contributed by atoms with Crippen molar-refractivity contribution >= 4 is 17.7 Å². The second kappa shape index (κ2) is 6.95. The van der Waals surface area contributed by atoms with E-state index in [9.17, 15) is 14.7 Å². The summed E-state index contributed by atoms with van der Waals surface area (Å²) in [5.41, 5.74) is 0.468. The molecule has 0 fully saturated rings. The van der Waals surface area contributed by atoms with Gasteiger partial charge in [0, 0.05) is 17.8 Å². The molecule has 0 spiro atoms. The van der Waals surface area contributed by atoms with Crippen molar-refractivity contribution in [2.24, 2.45) is 0 Å². The van der Waals surface area contributed by atoms with Crippen LogP contribution in [0.25, 0.3) is 0 Å². The second-order valence-electron chi connectivity index (χ2n) is 3.30. The lowest BCUT2D eigenvalue weighted by Crippen LogP contribution is -2.31. The summed E-state index contributed by atoms with van der Waals surface area (Å²) in [5, 5.41) is 14.2. The first-order valence-electron chi connectivity index (χ1n) is 5.25. The van der Waals surface area contributed by atoms with Crippen LogP contribution in [0, 0.1) is 0 Å². The van der Waals surface area contributed by atoms with Gasteiger partial charge in [-0.3, -0.25) is 0 Å². The number of nitrogens with one attached hydrogen (secondary N) is 2. The third-order valence-electron chi connectivity index (χ3n) is 1.90. The minimum absolute atomic E-state index is 0.0627. The Morgan fingerprint density at radius 2 is 2.22 bits per heavy atom. The average molecular weight is 250 g/mol. The lowest BCUT2D eigenvalue weighted by atomic mass is 10.3. The largest absolute Gasteiger partial charge is 0.508 e. The van der Waals surface area contributed by atoms with Gasteiger partial charge in [0.1, 0.15) is 12.4 Å². The van der Waals surface area contributed by atoms with E-state index in [-0.39, 0.29) is 18.9 Å². The van der Waals surface area contributed by atoms with Gasteiger partial charge in [-0.25, -0.2) is 9.59 Å². The van der Waals surface area contributed by atoms with Crippen LogP contribution >= 0.6 is 0 Å². The third kappa shape index (κ3) is 5.02. The normalized spacial score (nSPS) is 9.33. The van der Waals surface area contributed by atoms with Crippen LogP contribution in [-0.4, -0.2) is 30.3 Å². The van der Waals surface area contributed by atoms with Gasteiger partial charge in [0.25, 0.3) is 0 Å². The molecule has 1 aromatic rings. The Morgan fingerprint density at radius 3 is 2.89 bits per heavy atom. The van der Waals surface area contributed by atoms with Gasteiger partial charge in [-0.2, -0.15) is 0 Å². The van der Waals surface area contributed by atoms with Crippen LogP contribution in [0.2, 0.25) is 0 Å². The topological polar surface area (TPSA) is 87.7 Å². The number of urea groups is 1. The number of amides is 2.